The van der Waals surface area contributed by atoms with Gasteiger partial charge in [-0.3, -0.25) is 14.4 Å². The highest BCUT2D eigenvalue weighted by atomic mass is 16.6. The first-order valence-corrected chi connectivity index (χ1v) is 34.0. The Balaban J connectivity index is 4.41. The van der Waals surface area contributed by atoms with E-state index in [-0.39, 0.29) is 37.5 Å². The lowest BCUT2D eigenvalue weighted by molar-refractivity contribution is -0.167. The molecule has 0 radical (unpaired) electrons. The third-order valence-corrected chi connectivity index (χ3v) is 14.4. The van der Waals surface area contributed by atoms with Gasteiger partial charge in [-0.05, 0) is 122 Å². The Morgan fingerprint density at radius 3 is 0.815 bits per heavy atom. The molecule has 1 unspecified atom stereocenters. The molecule has 6 heteroatoms. The molecule has 81 heavy (non-hydrogen) atoms. The van der Waals surface area contributed by atoms with E-state index in [4.69, 9.17) is 14.2 Å². The number of carbonyl (C=O) groups excluding carboxylic acids is 3. The topological polar surface area (TPSA) is 78.9 Å². The fourth-order valence-corrected chi connectivity index (χ4v) is 9.41. The summed E-state index contributed by atoms with van der Waals surface area (Å²) in [7, 11) is 0. The third-order valence-electron chi connectivity index (χ3n) is 14.4. The summed E-state index contributed by atoms with van der Waals surface area (Å²) >= 11 is 0. The lowest BCUT2D eigenvalue weighted by atomic mass is 10.0. The second-order valence-electron chi connectivity index (χ2n) is 22.3. The largest absolute Gasteiger partial charge is 0.462 e. The van der Waals surface area contributed by atoms with Crippen molar-refractivity contribution < 1.29 is 28.6 Å². The second kappa shape index (κ2) is 68.3. The number of rotatable bonds is 61. The summed E-state index contributed by atoms with van der Waals surface area (Å²) < 4.78 is 16.9. The van der Waals surface area contributed by atoms with Crippen molar-refractivity contribution in [1.29, 1.82) is 0 Å². The Kier molecular flexibility index (Phi) is 64.8. The van der Waals surface area contributed by atoms with Crippen molar-refractivity contribution in [3.05, 3.63) is 122 Å². The molecule has 0 heterocycles. The van der Waals surface area contributed by atoms with E-state index in [2.05, 4.69) is 142 Å². The van der Waals surface area contributed by atoms with E-state index >= 15 is 0 Å². The minimum Gasteiger partial charge on any atom is -0.462 e. The van der Waals surface area contributed by atoms with Crippen molar-refractivity contribution in [2.24, 2.45) is 0 Å². The minimum absolute atomic E-state index is 0.100. The van der Waals surface area contributed by atoms with Crippen LogP contribution in [-0.2, 0) is 28.6 Å². The van der Waals surface area contributed by atoms with Gasteiger partial charge in [0.2, 0.25) is 0 Å². The third kappa shape index (κ3) is 66.5. The smallest absolute Gasteiger partial charge is 0.306 e. The number of carbonyl (C=O) groups is 3. The van der Waals surface area contributed by atoms with E-state index in [9.17, 15) is 14.4 Å². The minimum atomic E-state index is -0.811. The Labute approximate surface area is 501 Å². The Morgan fingerprint density at radius 2 is 0.494 bits per heavy atom. The maximum Gasteiger partial charge on any atom is 0.306 e. The van der Waals surface area contributed by atoms with E-state index in [1.54, 1.807) is 0 Å². The van der Waals surface area contributed by atoms with Crippen LogP contribution in [0.15, 0.2) is 122 Å². The van der Waals surface area contributed by atoms with Crippen LogP contribution >= 0.6 is 0 Å². The van der Waals surface area contributed by atoms with Gasteiger partial charge in [0, 0.05) is 19.3 Å². The highest BCUT2D eigenvalue weighted by Crippen LogP contribution is 2.16. The van der Waals surface area contributed by atoms with Crippen LogP contribution in [0.1, 0.15) is 316 Å². The van der Waals surface area contributed by atoms with Crippen molar-refractivity contribution in [1.82, 2.24) is 0 Å². The predicted molar refractivity (Wildman–Crippen MR) is 353 cm³/mol. The highest BCUT2D eigenvalue weighted by Gasteiger charge is 2.19. The Hall–Kier alpha value is -4.19. The van der Waals surface area contributed by atoms with Crippen LogP contribution in [0.5, 0.6) is 0 Å². The van der Waals surface area contributed by atoms with E-state index < -0.39 is 6.10 Å². The Bertz CT molecular complexity index is 1670. The van der Waals surface area contributed by atoms with Gasteiger partial charge in [0.25, 0.3) is 0 Å². The van der Waals surface area contributed by atoms with Crippen LogP contribution in [0.2, 0.25) is 0 Å². The van der Waals surface area contributed by atoms with Crippen LogP contribution in [0.25, 0.3) is 0 Å². The van der Waals surface area contributed by atoms with Gasteiger partial charge < -0.3 is 14.2 Å². The van der Waals surface area contributed by atoms with E-state index in [0.717, 1.165) is 109 Å². The molecule has 6 nitrogen and oxygen atoms in total. The molecule has 0 fully saturated rings. The van der Waals surface area contributed by atoms with E-state index in [1.807, 2.05) is 0 Å². The average Bonchev–Trinajstić information content (AvgIpc) is 3.47. The molecule has 0 aromatic rings. The number of esters is 3. The van der Waals surface area contributed by atoms with Gasteiger partial charge in [-0.2, -0.15) is 0 Å². The van der Waals surface area contributed by atoms with E-state index in [0.29, 0.717) is 19.3 Å². The van der Waals surface area contributed by atoms with Crippen molar-refractivity contribution >= 4 is 17.9 Å². The first-order chi connectivity index (χ1) is 40.0. The molecule has 0 saturated heterocycles. The molecule has 0 rings (SSSR count). The monoisotopic (exact) mass is 1120 g/mol. The van der Waals surface area contributed by atoms with Gasteiger partial charge in [-0.25, -0.2) is 0 Å². The SMILES string of the molecule is CC/C=C\C/C=C\C/C=C\C/C=C\C/C=C\CCCC(=O)OCC(COC(=O)CCCCCCCCCCCCCCC/C=C\CCCCCCCCCC)OC(=O)CCCCCCCCCC/C=C\C/C=C\C/C=C\C/C=C\CC. The molecular weight excluding hydrogens is 997 g/mol. The molecule has 0 saturated carbocycles. The number of hydrogen-bond acceptors (Lipinski definition) is 6. The summed E-state index contributed by atoms with van der Waals surface area (Å²) in [4.78, 5) is 38.4. The molecule has 1 atom stereocenters. The van der Waals surface area contributed by atoms with Crippen LogP contribution < -0.4 is 0 Å². The van der Waals surface area contributed by atoms with Crippen molar-refractivity contribution in [2.45, 2.75) is 322 Å². The first-order valence-electron chi connectivity index (χ1n) is 34.0. The normalized spacial score (nSPS) is 12.9. The zero-order valence-corrected chi connectivity index (χ0v) is 53.0. The zero-order chi connectivity index (χ0) is 58.5. The van der Waals surface area contributed by atoms with Crippen LogP contribution in [0.3, 0.4) is 0 Å². The lowest BCUT2D eigenvalue weighted by Crippen LogP contribution is -2.30. The fourth-order valence-electron chi connectivity index (χ4n) is 9.41. The van der Waals surface area contributed by atoms with Gasteiger partial charge in [0.15, 0.2) is 6.10 Å². The van der Waals surface area contributed by atoms with Gasteiger partial charge in [-0.15, -0.1) is 0 Å². The predicted octanol–water partition coefficient (Wildman–Crippen LogP) is 23.6. The maximum absolute atomic E-state index is 12.9. The van der Waals surface area contributed by atoms with Crippen molar-refractivity contribution in [2.75, 3.05) is 13.2 Å². The maximum atomic E-state index is 12.9. The standard InChI is InChI=1S/C75H126O6/c1-4-7-10-13-16-19-22-25-28-31-33-35-36-37-38-40-41-44-47-50-53-56-59-62-65-68-74(77)80-71-72(70-79-73(76)67-64-61-58-55-52-49-46-43-30-27-24-21-18-15-12-9-6-3)81-75(78)69-66-63-60-57-54-51-48-45-42-39-34-32-29-26-23-20-17-14-11-8-5-2/h8-9,11-12,17-18,20-21,26-27,29-31,33-34,39,46,49,55,58,72H,4-7,10,13-16,19,22-25,28,32,35-38,40-45,47-48,50-54,56-57,59-71H2,1-3H3/b11-8-,12-9-,20-17-,21-18-,29-26-,30-27-,33-31-,39-34-,49-46-,58-55-. The zero-order valence-electron chi connectivity index (χ0n) is 53.0. The molecule has 0 amide bonds. The number of allylic oxidation sites excluding steroid dienone is 20. The summed E-state index contributed by atoms with van der Waals surface area (Å²) in [5, 5.41) is 0. The van der Waals surface area contributed by atoms with Gasteiger partial charge in [-0.1, -0.05) is 296 Å². The van der Waals surface area contributed by atoms with Crippen molar-refractivity contribution in [3.8, 4) is 0 Å². The number of ether oxygens (including phenoxy) is 3. The summed E-state index contributed by atoms with van der Waals surface area (Å²) in [6.07, 6.45) is 95.1. The molecule has 0 aliphatic rings. The van der Waals surface area contributed by atoms with Gasteiger partial charge >= 0.3 is 17.9 Å². The summed E-state index contributed by atoms with van der Waals surface area (Å²) in [6, 6.07) is 0. The molecule has 0 spiro atoms. The van der Waals surface area contributed by atoms with Gasteiger partial charge in [0.05, 0.1) is 0 Å². The molecule has 0 N–H and O–H groups in total. The van der Waals surface area contributed by atoms with Crippen molar-refractivity contribution in [3.63, 3.8) is 0 Å². The number of unbranched alkanes of at least 4 members (excludes halogenated alkanes) is 30. The van der Waals surface area contributed by atoms with Crippen LogP contribution in [0, 0.1) is 0 Å². The lowest BCUT2D eigenvalue weighted by Gasteiger charge is -2.18. The molecule has 0 aromatic carbocycles. The first kappa shape index (κ1) is 76.8. The summed E-state index contributed by atoms with van der Waals surface area (Å²) in [6.45, 7) is 6.39. The highest BCUT2D eigenvalue weighted by molar-refractivity contribution is 5.71. The molecular formula is C75H126O6. The summed E-state index contributed by atoms with van der Waals surface area (Å²) in [5.41, 5.74) is 0. The molecule has 0 aliphatic heterocycles. The molecule has 0 aromatic heterocycles. The van der Waals surface area contributed by atoms with Gasteiger partial charge in [0.1, 0.15) is 13.2 Å². The molecule has 462 valence electrons. The molecule has 0 bridgehead atoms. The summed E-state index contributed by atoms with van der Waals surface area (Å²) in [5.74, 6) is -0.961. The quantitative estimate of drug-likeness (QED) is 0.0261. The van der Waals surface area contributed by atoms with Crippen LogP contribution in [-0.4, -0.2) is 37.2 Å². The molecule has 0 aliphatic carbocycles. The van der Waals surface area contributed by atoms with E-state index in [1.165, 1.54) is 161 Å². The second-order valence-corrected chi connectivity index (χ2v) is 22.3. The average molecular weight is 1120 g/mol. The van der Waals surface area contributed by atoms with Crippen LogP contribution in [0.4, 0.5) is 0 Å². The fraction of sp³-hybridized carbons (Fsp3) is 0.693. The number of hydrogen-bond donors (Lipinski definition) is 0. The Morgan fingerprint density at radius 1 is 0.259 bits per heavy atom.